The fourth-order valence-corrected chi connectivity index (χ4v) is 2.71. The maximum Gasteiger partial charge on any atom is 0.332 e. The summed E-state index contributed by atoms with van der Waals surface area (Å²) in [6.07, 6.45) is 4.03. The summed E-state index contributed by atoms with van der Waals surface area (Å²) in [5, 5.41) is 8.80. The molecule has 1 aromatic rings. The van der Waals surface area contributed by atoms with Crippen molar-refractivity contribution in [3.05, 3.63) is 18.5 Å². The van der Waals surface area contributed by atoms with Crippen LogP contribution in [0, 0.1) is 0 Å². The molecule has 2 heterocycles. The van der Waals surface area contributed by atoms with E-state index < -0.39 is 12.1 Å². The molecule has 0 saturated carbocycles. The summed E-state index contributed by atoms with van der Waals surface area (Å²) >= 11 is 1.58. The van der Waals surface area contributed by atoms with E-state index in [1.165, 1.54) is 0 Å². The fourth-order valence-electron chi connectivity index (χ4n) is 1.72. The van der Waals surface area contributed by atoms with Gasteiger partial charge in [0.05, 0.1) is 18.0 Å². The van der Waals surface area contributed by atoms with Crippen molar-refractivity contribution in [2.24, 2.45) is 0 Å². The zero-order valence-corrected chi connectivity index (χ0v) is 10.0. The minimum Gasteiger partial charge on any atom is -0.479 e. The van der Waals surface area contributed by atoms with Crippen molar-refractivity contribution in [3.63, 3.8) is 0 Å². The van der Waals surface area contributed by atoms with Gasteiger partial charge >= 0.3 is 5.97 Å². The molecule has 2 unspecified atom stereocenters. The molecule has 1 fully saturated rings. The van der Waals surface area contributed by atoms with E-state index in [9.17, 15) is 4.79 Å². The van der Waals surface area contributed by atoms with Crippen molar-refractivity contribution in [3.8, 4) is 0 Å². The highest BCUT2D eigenvalue weighted by Gasteiger charge is 2.30. The number of ether oxygens (including phenoxy) is 1. The first-order valence-electron chi connectivity index (χ1n) is 5.37. The van der Waals surface area contributed by atoms with Crippen LogP contribution in [-0.2, 0) is 9.53 Å². The van der Waals surface area contributed by atoms with Gasteiger partial charge in [-0.05, 0) is 18.9 Å². The van der Waals surface area contributed by atoms with Crippen molar-refractivity contribution >= 4 is 23.4 Å². The molecule has 2 rings (SSSR count). The van der Waals surface area contributed by atoms with Gasteiger partial charge in [-0.3, -0.25) is 4.98 Å². The van der Waals surface area contributed by atoms with Gasteiger partial charge < -0.3 is 15.6 Å². The van der Waals surface area contributed by atoms with Gasteiger partial charge in [0.25, 0.3) is 0 Å². The van der Waals surface area contributed by atoms with Crippen LogP contribution in [0.4, 0.5) is 5.69 Å². The molecule has 92 valence electrons. The van der Waals surface area contributed by atoms with Crippen LogP contribution in [0.1, 0.15) is 12.8 Å². The standard InChI is InChI=1S/C11H14N2O3S/c12-8-5-13-4-3-10(8)17-6-7-1-2-9(16-7)11(14)15/h3-5,7,9H,1-2,6,12H2,(H,14,15). The van der Waals surface area contributed by atoms with E-state index in [0.717, 1.165) is 17.1 Å². The van der Waals surface area contributed by atoms with Crippen molar-refractivity contribution < 1.29 is 14.6 Å². The van der Waals surface area contributed by atoms with Crippen LogP contribution < -0.4 is 5.73 Å². The second kappa shape index (κ2) is 5.37. The van der Waals surface area contributed by atoms with Gasteiger partial charge in [-0.2, -0.15) is 0 Å². The number of carbonyl (C=O) groups is 1. The van der Waals surface area contributed by atoms with Crippen LogP contribution in [-0.4, -0.2) is 34.0 Å². The molecule has 0 spiro atoms. The molecule has 3 N–H and O–H groups in total. The predicted molar refractivity (Wildman–Crippen MR) is 64.9 cm³/mol. The van der Waals surface area contributed by atoms with E-state index in [4.69, 9.17) is 15.6 Å². The van der Waals surface area contributed by atoms with Crippen LogP contribution in [0.3, 0.4) is 0 Å². The Morgan fingerprint density at radius 1 is 1.65 bits per heavy atom. The number of nitrogens with two attached hydrogens (primary N) is 1. The molecule has 0 bridgehead atoms. The van der Waals surface area contributed by atoms with Crippen LogP contribution >= 0.6 is 11.8 Å². The van der Waals surface area contributed by atoms with Gasteiger partial charge in [-0.15, -0.1) is 11.8 Å². The third-order valence-electron chi connectivity index (χ3n) is 2.62. The Hall–Kier alpha value is -1.27. The Kier molecular flexibility index (Phi) is 3.86. The Labute approximate surface area is 103 Å². The van der Waals surface area contributed by atoms with E-state index in [1.54, 1.807) is 24.2 Å². The highest BCUT2D eigenvalue weighted by atomic mass is 32.2. The Morgan fingerprint density at radius 3 is 3.12 bits per heavy atom. The average Bonchev–Trinajstić information content (AvgIpc) is 2.77. The first kappa shape index (κ1) is 12.2. The molecule has 17 heavy (non-hydrogen) atoms. The number of anilines is 1. The lowest BCUT2D eigenvalue weighted by molar-refractivity contribution is -0.148. The minimum absolute atomic E-state index is 0.00587. The number of carboxylic acid groups (broad SMARTS) is 1. The number of hydrogen-bond acceptors (Lipinski definition) is 5. The summed E-state index contributed by atoms with van der Waals surface area (Å²) < 4.78 is 5.41. The first-order valence-corrected chi connectivity index (χ1v) is 6.36. The smallest absolute Gasteiger partial charge is 0.332 e. The third kappa shape index (κ3) is 3.10. The molecule has 0 amide bonds. The van der Waals surface area contributed by atoms with Crippen LogP contribution in [0.2, 0.25) is 0 Å². The van der Waals surface area contributed by atoms with Gasteiger partial charge in [0.1, 0.15) is 0 Å². The zero-order chi connectivity index (χ0) is 12.3. The Balaban J connectivity index is 1.84. The molecule has 2 atom stereocenters. The average molecular weight is 254 g/mol. The zero-order valence-electron chi connectivity index (χ0n) is 9.20. The van der Waals surface area contributed by atoms with Crippen LogP contribution in [0.15, 0.2) is 23.4 Å². The molecule has 1 aliphatic heterocycles. The molecular weight excluding hydrogens is 240 g/mol. The Bertz CT molecular complexity index is 413. The fraction of sp³-hybridized carbons (Fsp3) is 0.455. The van der Waals surface area contributed by atoms with E-state index in [0.29, 0.717) is 12.1 Å². The topological polar surface area (TPSA) is 85.4 Å². The molecule has 1 saturated heterocycles. The molecule has 5 nitrogen and oxygen atoms in total. The molecule has 0 aliphatic carbocycles. The monoisotopic (exact) mass is 254 g/mol. The van der Waals surface area contributed by atoms with E-state index in [2.05, 4.69) is 4.98 Å². The van der Waals surface area contributed by atoms with Crippen molar-refractivity contribution in [2.45, 2.75) is 29.9 Å². The molecule has 6 heteroatoms. The number of aliphatic carboxylic acids is 1. The third-order valence-corrected chi connectivity index (χ3v) is 3.84. The second-order valence-electron chi connectivity index (χ2n) is 3.89. The number of pyridine rings is 1. The number of rotatable bonds is 4. The summed E-state index contributed by atoms with van der Waals surface area (Å²) in [6, 6.07) is 1.85. The van der Waals surface area contributed by atoms with Gasteiger partial charge in [0.2, 0.25) is 0 Å². The molecular formula is C11H14N2O3S. The lowest BCUT2D eigenvalue weighted by Gasteiger charge is -2.11. The number of nitrogen functional groups attached to an aromatic ring is 1. The van der Waals surface area contributed by atoms with Crippen molar-refractivity contribution in [1.82, 2.24) is 4.98 Å². The maximum absolute atomic E-state index is 10.7. The van der Waals surface area contributed by atoms with Gasteiger partial charge in [-0.25, -0.2) is 4.79 Å². The summed E-state index contributed by atoms with van der Waals surface area (Å²) in [7, 11) is 0. The highest BCUT2D eigenvalue weighted by Crippen LogP contribution is 2.29. The van der Waals surface area contributed by atoms with Gasteiger partial charge in [0, 0.05) is 16.8 Å². The van der Waals surface area contributed by atoms with Crippen LogP contribution in [0.25, 0.3) is 0 Å². The molecule has 0 radical (unpaired) electrons. The molecule has 1 aromatic heterocycles. The quantitative estimate of drug-likeness (QED) is 0.790. The van der Waals surface area contributed by atoms with Gasteiger partial charge in [-0.1, -0.05) is 0 Å². The van der Waals surface area contributed by atoms with Crippen LogP contribution in [0.5, 0.6) is 0 Å². The number of hydrogen-bond donors (Lipinski definition) is 2. The predicted octanol–water partition coefficient (Wildman–Crippen LogP) is 1.39. The normalized spacial score (nSPS) is 23.8. The lowest BCUT2D eigenvalue weighted by atomic mass is 10.2. The Morgan fingerprint density at radius 2 is 2.47 bits per heavy atom. The van der Waals surface area contributed by atoms with E-state index >= 15 is 0 Å². The van der Waals surface area contributed by atoms with E-state index in [-0.39, 0.29) is 6.10 Å². The SMILES string of the molecule is Nc1cnccc1SCC1CCC(C(=O)O)O1. The minimum atomic E-state index is -0.874. The number of carboxylic acids is 1. The maximum atomic E-state index is 10.7. The number of aromatic nitrogens is 1. The number of nitrogens with zero attached hydrogens (tertiary/aromatic N) is 1. The summed E-state index contributed by atoms with van der Waals surface area (Å²) in [4.78, 5) is 15.6. The van der Waals surface area contributed by atoms with Crippen molar-refractivity contribution in [1.29, 1.82) is 0 Å². The van der Waals surface area contributed by atoms with Crippen molar-refractivity contribution in [2.75, 3.05) is 11.5 Å². The van der Waals surface area contributed by atoms with Gasteiger partial charge in [0.15, 0.2) is 6.10 Å². The van der Waals surface area contributed by atoms with E-state index in [1.807, 2.05) is 6.07 Å². The highest BCUT2D eigenvalue weighted by molar-refractivity contribution is 7.99. The lowest BCUT2D eigenvalue weighted by Crippen LogP contribution is -2.21. The first-order chi connectivity index (χ1) is 8.16. The second-order valence-corrected chi connectivity index (χ2v) is 4.95. The largest absolute Gasteiger partial charge is 0.479 e. The molecule has 0 aromatic carbocycles. The summed E-state index contributed by atoms with van der Waals surface area (Å²) in [6.45, 7) is 0. The summed E-state index contributed by atoms with van der Waals surface area (Å²) in [5.74, 6) is -0.154. The number of thioether (sulfide) groups is 1. The molecule has 1 aliphatic rings. The summed E-state index contributed by atoms with van der Waals surface area (Å²) in [5.41, 5.74) is 6.41.